The zero-order chi connectivity index (χ0) is 28.0. The molecule has 3 N–H and O–H groups in total. The van der Waals surface area contributed by atoms with Crippen molar-refractivity contribution < 1.29 is 18.8 Å². The molecule has 1 heterocycles. The van der Waals surface area contributed by atoms with Crippen LogP contribution in [-0.4, -0.2) is 17.7 Å². The molecule has 3 aromatic carbocycles. The molecule has 0 aliphatic carbocycles. The quantitative estimate of drug-likeness (QED) is 0.240. The summed E-state index contributed by atoms with van der Waals surface area (Å²) in [5.41, 5.74) is 3.85. The first-order valence-corrected chi connectivity index (χ1v) is 12.6. The van der Waals surface area contributed by atoms with Gasteiger partial charge < -0.3 is 20.4 Å². The van der Waals surface area contributed by atoms with Crippen LogP contribution >= 0.6 is 0 Å². The highest BCUT2D eigenvalue weighted by Crippen LogP contribution is 2.23. The summed E-state index contributed by atoms with van der Waals surface area (Å²) < 4.78 is 5.35. The second-order valence-electron chi connectivity index (χ2n) is 10.2. The van der Waals surface area contributed by atoms with Crippen molar-refractivity contribution in [3.63, 3.8) is 0 Å². The minimum atomic E-state index is -0.547. The van der Waals surface area contributed by atoms with E-state index in [-0.39, 0.29) is 17.0 Å². The highest BCUT2D eigenvalue weighted by molar-refractivity contribution is 6.11. The van der Waals surface area contributed by atoms with E-state index in [2.05, 4.69) is 36.7 Å². The Kier molecular flexibility index (Phi) is 8.10. The van der Waals surface area contributed by atoms with Gasteiger partial charge in [-0.1, -0.05) is 57.2 Å². The Morgan fingerprint density at radius 2 is 1.46 bits per heavy atom. The molecule has 0 radical (unpaired) electrons. The van der Waals surface area contributed by atoms with Crippen LogP contribution in [0.4, 0.5) is 11.4 Å². The Hall–Kier alpha value is -4.91. The number of furan rings is 1. The van der Waals surface area contributed by atoms with E-state index < -0.39 is 11.8 Å². The number of nitrogens with one attached hydrogen (secondary N) is 3. The molecule has 0 atom stereocenters. The van der Waals surface area contributed by atoms with Crippen molar-refractivity contribution in [2.45, 2.75) is 33.1 Å². The van der Waals surface area contributed by atoms with E-state index in [1.165, 1.54) is 12.3 Å². The molecule has 1 aromatic heterocycles. The predicted octanol–water partition coefficient (Wildman–Crippen LogP) is 6.55. The van der Waals surface area contributed by atoms with Gasteiger partial charge in [0.15, 0.2) is 0 Å². The number of aryl methyl sites for hydroxylation is 1. The van der Waals surface area contributed by atoms with Gasteiger partial charge in [0.25, 0.3) is 17.7 Å². The topological polar surface area (TPSA) is 100 Å². The van der Waals surface area contributed by atoms with Gasteiger partial charge in [0.2, 0.25) is 0 Å². The lowest BCUT2D eigenvalue weighted by Gasteiger charge is -2.19. The molecule has 0 fully saturated rings. The molecule has 0 aliphatic heterocycles. The van der Waals surface area contributed by atoms with Gasteiger partial charge in [-0.3, -0.25) is 14.4 Å². The second kappa shape index (κ2) is 11.6. The first-order valence-electron chi connectivity index (χ1n) is 12.6. The Labute approximate surface area is 227 Å². The summed E-state index contributed by atoms with van der Waals surface area (Å²) in [5.74, 6) is -0.819. The number of carbonyl (C=O) groups excluding carboxylic acids is 3. The lowest BCUT2D eigenvalue weighted by molar-refractivity contribution is -0.113. The van der Waals surface area contributed by atoms with E-state index >= 15 is 0 Å². The Balaban J connectivity index is 1.49. The Bertz CT molecular complexity index is 1510. The van der Waals surface area contributed by atoms with Crippen LogP contribution in [0.1, 0.15) is 58.4 Å². The summed E-state index contributed by atoms with van der Waals surface area (Å²) in [6.07, 6.45) is 2.94. The minimum absolute atomic E-state index is 0.00609. The van der Waals surface area contributed by atoms with E-state index in [9.17, 15) is 14.4 Å². The summed E-state index contributed by atoms with van der Waals surface area (Å²) in [4.78, 5) is 39.0. The Morgan fingerprint density at radius 1 is 0.769 bits per heavy atom. The van der Waals surface area contributed by atoms with E-state index in [0.29, 0.717) is 28.3 Å². The average Bonchev–Trinajstić information content (AvgIpc) is 3.41. The van der Waals surface area contributed by atoms with Crippen molar-refractivity contribution in [2.24, 2.45) is 0 Å². The molecular weight excluding hydrogens is 490 g/mol. The van der Waals surface area contributed by atoms with Crippen molar-refractivity contribution in [2.75, 3.05) is 10.6 Å². The fourth-order valence-corrected chi connectivity index (χ4v) is 3.89. The highest BCUT2D eigenvalue weighted by atomic mass is 16.3. The van der Waals surface area contributed by atoms with Gasteiger partial charge in [-0.2, -0.15) is 0 Å². The largest absolute Gasteiger partial charge is 0.465 e. The van der Waals surface area contributed by atoms with Gasteiger partial charge in [-0.15, -0.1) is 0 Å². The maximum atomic E-state index is 13.2. The first kappa shape index (κ1) is 27.1. The third-order valence-corrected chi connectivity index (χ3v) is 6.10. The Morgan fingerprint density at radius 3 is 2.10 bits per heavy atom. The van der Waals surface area contributed by atoms with Crippen LogP contribution in [-0.2, 0) is 10.2 Å². The monoisotopic (exact) mass is 521 g/mol. The lowest BCUT2D eigenvalue weighted by Crippen LogP contribution is -2.31. The summed E-state index contributed by atoms with van der Waals surface area (Å²) in [5, 5.41) is 8.35. The fraction of sp³-hybridized carbons (Fsp3) is 0.156. The fourth-order valence-electron chi connectivity index (χ4n) is 3.89. The van der Waals surface area contributed by atoms with E-state index in [0.717, 1.165) is 11.1 Å². The van der Waals surface area contributed by atoms with Gasteiger partial charge in [0.05, 0.1) is 6.26 Å². The van der Waals surface area contributed by atoms with E-state index in [4.69, 9.17) is 4.42 Å². The third-order valence-electron chi connectivity index (χ3n) is 6.10. The van der Waals surface area contributed by atoms with Gasteiger partial charge in [-0.25, -0.2) is 0 Å². The number of amides is 3. The minimum Gasteiger partial charge on any atom is -0.465 e. The maximum Gasteiger partial charge on any atom is 0.272 e. The van der Waals surface area contributed by atoms with Gasteiger partial charge >= 0.3 is 0 Å². The first-order chi connectivity index (χ1) is 18.6. The van der Waals surface area contributed by atoms with Crippen LogP contribution in [0.5, 0.6) is 0 Å². The number of anilines is 2. The summed E-state index contributed by atoms with van der Waals surface area (Å²) >= 11 is 0. The van der Waals surface area contributed by atoms with Crippen molar-refractivity contribution in [1.29, 1.82) is 0 Å². The maximum absolute atomic E-state index is 13.2. The predicted molar refractivity (Wildman–Crippen MR) is 153 cm³/mol. The molecule has 3 amide bonds. The van der Waals surface area contributed by atoms with Gasteiger partial charge in [0, 0.05) is 28.6 Å². The third kappa shape index (κ3) is 7.11. The van der Waals surface area contributed by atoms with Gasteiger partial charge in [0.1, 0.15) is 11.5 Å². The normalized spacial score (nSPS) is 11.5. The molecule has 0 unspecified atom stereocenters. The molecule has 4 aromatic rings. The van der Waals surface area contributed by atoms with Crippen LogP contribution < -0.4 is 16.0 Å². The van der Waals surface area contributed by atoms with Crippen LogP contribution in [0.15, 0.2) is 101 Å². The zero-order valence-electron chi connectivity index (χ0n) is 22.4. The van der Waals surface area contributed by atoms with Gasteiger partial charge in [-0.05, 0) is 72.0 Å². The molecule has 4 rings (SSSR count). The van der Waals surface area contributed by atoms with E-state index in [1.54, 1.807) is 60.7 Å². The SMILES string of the molecule is Cc1ccccc1C(=O)N/C(=C\c1ccco1)C(=O)Nc1cccc(NC(=O)c2ccc(C(C)(C)C)cc2)c1. The molecule has 7 nitrogen and oxygen atoms in total. The number of hydrogen-bond donors (Lipinski definition) is 3. The summed E-state index contributed by atoms with van der Waals surface area (Å²) in [6, 6.07) is 24.8. The van der Waals surface area contributed by atoms with E-state index in [1.807, 2.05) is 31.2 Å². The molecule has 0 aliphatic rings. The van der Waals surface area contributed by atoms with Crippen molar-refractivity contribution >= 4 is 35.2 Å². The molecular formula is C32H31N3O4. The number of carbonyl (C=O) groups is 3. The highest BCUT2D eigenvalue weighted by Gasteiger charge is 2.18. The van der Waals surface area contributed by atoms with Crippen molar-refractivity contribution in [3.8, 4) is 0 Å². The standard InChI is InChI=1S/C32H31N3O4/c1-21-9-5-6-13-27(21)30(37)35-28(20-26-12-8-18-39-26)31(38)34-25-11-7-10-24(19-25)33-29(36)22-14-16-23(17-15-22)32(2,3)4/h5-20H,1-4H3,(H,33,36)(H,34,38)(H,35,37)/b28-20-. The number of hydrogen-bond acceptors (Lipinski definition) is 4. The second-order valence-corrected chi connectivity index (χ2v) is 10.2. The molecule has 0 saturated carbocycles. The lowest BCUT2D eigenvalue weighted by atomic mass is 9.87. The molecule has 198 valence electrons. The summed E-state index contributed by atoms with van der Waals surface area (Å²) in [7, 11) is 0. The number of benzene rings is 3. The van der Waals surface area contributed by atoms with Crippen LogP contribution in [0.2, 0.25) is 0 Å². The molecule has 7 heteroatoms. The average molecular weight is 522 g/mol. The molecule has 0 saturated heterocycles. The summed E-state index contributed by atoms with van der Waals surface area (Å²) in [6.45, 7) is 8.17. The zero-order valence-corrected chi connectivity index (χ0v) is 22.4. The number of rotatable bonds is 7. The molecule has 0 bridgehead atoms. The smallest absolute Gasteiger partial charge is 0.272 e. The van der Waals surface area contributed by atoms with Crippen LogP contribution in [0.3, 0.4) is 0 Å². The van der Waals surface area contributed by atoms with Crippen molar-refractivity contribution in [3.05, 3.63) is 125 Å². The van der Waals surface area contributed by atoms with Crippen molar-refractivity contribution in [1.82, 2.24) is 5.32 Å². The van der Waals surface area contributed by atoms with Crippen LogP contribution in [0, 0.1) is 6.92 Å². The molecule has 39 heavy (non-hydrogen) atoms. The molecule has 0 spiro atoms. The van der Waals surface area contributed by atoms with Crippen LogP contribution in [0.25, 0.3) is 6.08 Å².